The van der Waals surface area contributed by atoms with Crippen LogP contribution in [-0.4, -0.2) is 19.0 Å². The van der Waals surface area contributed by atoms with Gasteiger partial charge in [-0.2, -0.15) is 0 Å². The average Bonchev–Trinajstić information content (AvgIpc) is 2.66. The van der Waals surface area contributed by atoms with Crippen molar-refractivity contribution in [1.82, 2.24) is 10.6 Å². The molecule has 4 heteroatoms. The zero-order chi connectivity index (χ0) is 17.5. The lowest BCUT2D eigenvalue weighted by Gasteiger charge is -2.23. The molecule has 1 atom stereocenters. The standard InChI is InChI=1S/C21H25ClN2O/c22-19-8-4-7-18(15-19)21(17-5-2-1-3-6-17)24-20(25)10-9-16-11-13-23-14-12-16/h1-8,15-16,21,23H,9-14H2,(H,24,25). The summed E-state index contributed by atoms with van der Waals surface area (Å²) in [5.41, 5.74) is 2.08. The summed E-state index contributed by atoms with van der Waals surface area (Å²) in [6, 6.07) is 17.6. The van der Waals surface area contributed by atoms with Crippen molar-refractivity contribution in [2.45, 2.75) is 31.7 Å². The topological polar surface area (TPSA) is 41.1 Å². The van der Waals surface area contributed by atoms with E-state index < -0.39 is 0 Å². The maximum Gasteiger partial charge on any atom is 0.220 e. The number of amides is 1. The molecular formula is C21H25ClN2O. The van der Waals surface area contributed by atoms with Crippen LogP contribution in [0.3, 0.4) is 0 Å². The first-order chi connectivity index (χ1) is 12.2. The first-order valence-corrected chi connectivity index (χ1v) is 9.40. The molecule has 25 heavy (non-hydrogen) atoms. The maximum atomic E-state index is 12.6. The Hall–Kier alpha value is -1.84. The third kappa shape index (κ3) is 5.32. The minimum absolute atomic E-state index is 0.104. The van der Waals surface area contributed by atoms with Crippen LogP contribution in [-0.2, 0) is 4.79 Å². The summed E-state index contributed by atoms with van der Waals surface area (Å²) in [4.78, 5) is 12.6. The normalized spacial score (nSPS) is 16.4. The van der Waals surface area contributed by atoms with Gasteiger partial charge in [0, 0.05) is 11.4 Å². The van der Waals surface area contributed by atoms with Crippen LogP contribution >= 0.6 is 11.6 Å². The molecule has 1 amide bonds. The monoisotopic (exact) mass is 356 g/mol. The van der Waals surface area contributed by atoms with E-state index in [-0.39, 0.29) is 11.9 Å². The molecule has 2 aromatic rings. The number of hydrogen-bond acceptors (Lipinski definition) is 2. The smallest absolute Gasteiger partial charge is 0.220 e. The van der Waals surface area contributed by atoms with Crippen LogP contribution in [0.25, 0.3) is 0 Å². The summed E-state index contributed by atoms with van der Waals surface area (Å²) in [5, 5.41) is 7.26. The van der Waals surface area contributed by atoms with Gasteiger partial charge in [-0.15, -0.1) is 0 Å². The van der Waals surface area contributed by atoms with Crippen molar-refractivity contribution in [3.05, 3.63) is 70.7 Å². The minimum Gasteiger partial charge on any atom is -0.345 e. The van der Waals surface area contributed by atoms with Crippen LogP contribution in [0, 0.1) is 5.92 Å². The summed E-state index contributed by atoms with van der Waals surface area (Å²) in [6.07, 6.45) is 3.88. The third-order valence-corrected chi connectivity index (χ3v) is 5.09. The second kappa shape index (κ2) is 9.02. The predicted octanol–water partition coefficient (Wildman–Crippen LogP) is 4.33. The average molecular weight is 357 g/mol. The lowest BCUT2D eigenvalue weighted by atomic mass is 9.92. The zero-order valence-electron chi connectivity index (χ0n) is 14.4. The number of hydrogen-bond donors (Lipinski definition) is 2. The van der Waals surface area contributed by atoms with Crippen molar-refractivity contribution in [2.75, 3.05) is 13.1 Å². The molecule has 0 spiro atoms. The Bertz CT molecular complexity index is 683. The van der Waals surface area contributed by atoms with Crippen LogP contribution in [0.1, 0.15) is 42.9 Å². The Morgan fingerprint density at radius 3 is 2.52 bits per heavy atom. The highest BCUT2D eigenvalue weighted by Crippen LogP contribution is 2.25. The van der Waals surface area contributed by atoms with Gasteiger partial charge in [0.25, 0.3) is 0 Å². The molecule has 1 unspecified atom stereocenters. The molecule has 1 fully saturated rings. The van der Waals surface area contributed by atoms with Gasteiger partial charge in [-0.1, -0.05) is 54.1 Å². The van der Waals surface area contributed by atoms with Gasteiger partial charge < -0.3 is 10.6 Å². The number of benzene rings is 2. The van der Waals surface area contributed by atoms with E-state index in [0.717, 1.165) is 30.6 Å². The number of piperidine rings is 1. The number of rotatable bonds is 6. The van der Waals surface area contributed by atoms with Crippen LogP contribution in [0.2, 0.25) is 5.02 Å². The molecular weight excluding hydrogens is 332 g/mol. The Morgan fingerprint density at radius 2 is 1.80 bits per heavy atom. The summed E-state index contributed by atoms with van der Waals surface area (Å²) in [6.45, 7) is 2.14. The highest BCUT2D eigenvalue weighted by molar-refractivity contribution is 6.30. The van der Waals surface area contributed by atoms with Crippen molar-refractivity contribution >= 4 is 17.5 Å². The number of carbonyl (C=O) groups is 1. The van der Waals surface area contributed by atoms with Gasteiger partial charge in [-0.3, -0.25) is 4.79 Å². The van der Waals surface area contributed by atoms with Crippen LogP contribution in [0.15, 0.2) is 54.6 Å². The maximum absolute atomic E-state index is 12.6. The summed E-state index contributed by atoms with van der Waals surface area (Å²) >= 11 is 6.16. The van der Waals surface area contributed by atoms with Gasteiger partial charge >= 0.3 is 0 Å². The van der Waals surface area contributed by atoms with E-state index in [1.807, 2.05) is 54.6 Å². The molecule has 0 aliphatic carbocycles. The van der Waals surface area contributed by atoms with Crippen molar-refractivity contribution in [3.63, 3.8) is 0 Å². The highest BCUT2D eigenvalue weighted by atomic mass is 35.5. The van der Waals surface area contributed by atoms with Crippen molar-refractivity contribution in [1.29, 1.82) is 0 Å². The molecule has 0 saturated carbocycles. The summed E-state index contributed by atoms with van der Waals surface area (Å²) in [7, 11) is 0. The van der Waals surface area contributed by atoms with E-state index >= 15 is 0 Å². The lowest BCUT2D eigenvalue weighted by Crippen LogP contribution is -2.31. The molecule has 1 aliphatic rings. The van der Waals surface area contributed by atoms with E-state index in [1.54, 1.807) is 0 Å². The predicted molar refractivity (Wildman–Crippen MR) is 103 cm³/mol. The number of nitrogens with one attached hydrogen (secondary N) is 2. The SMILES string of the molecule is O=C(CCC1CCNCC1)NC(c1ccccc1)c1cccc(Cl)c1. The first kappa shape index (κ1) is 18.0. The highest BCUT2D eigenvalue weighted by Gasteiger charge is 2.19. The Kier molecular flexibility index (Phi) is 6.48. The van der Waals surface area contributed by atoms with Gasteiger partial charge in [0.2, 0.25) is 5.91 Å². The largest absolute Gasteiger partial charge is 0.345 e. The van der Waals surface area contributed by atoms with Gasteiger partial charge in [-0.25, -0.2) is 0 Å². The van der Waals surface area contributed by atoms with Crippen molar-refractivity contribution in [3.8, 4) is 0 Å². The Morgan fingerprint density at radius 1 is 1.08 bits per heavy atom. The van der Waals surface area contributed by atoms with E-state index in [1.165, 1.54) is 12.8 Å². The molecule has 1 saturated heterocycles. The first-order valence-electron chi connectivity index (χ1n) is 9.03. The van der Waals surface area contributed by atoms with Gasteiger partial charge in [-0.05, 0) is 61.5 Å². The molecule has 3 rings (SSSR count). The number of halogens is 1. The third-order valence-electron chi connectivity index (χ3n) is 4.86. The second-order valence-corrected chi connectivity index (χ2v) is 7.13. The van der Waals surface area contributed by atoms with Crippen LogP contribution < -0.4 is 10.6 Å². The summed E-state index contributed by atoms with van der Waals surface area (Å²) < 4.78 is 0. The fraction of sp³-hybridized carbons (Fsp3) is 0.381. The van der Waals surface area contributed by atoms with Gasteiger partial charge in [0.05, 0.1) is 6.04 Å². The van der Waals surface area contributed by atoms with Crippen molar-refractivity contribution < 1.29 is 4.79 Å². The molecule has 1 heterocycles. The van der Waals surface area contributed by atoms with Crippen molar-refractivity contribution in [2.24, 2.45) is 5.92 Å². The van der Waals surface area contributed by atoms with Crippen LogP contribution in [0.5, 0.6) is 0 Å². The zero-order valence-corrected chi connectivity index (χ0v) is 15.1. The molecule has 2 N–H and O–H groups in total. The van der Waals surface area contributed by atoms with E-state index in [4.69, 9.17) is 11.6 Å². The fourth-order valence-corrected chi connectivity index (χ4v) is 3.63. The molecule has 2 aromatic carbocycles. The second-order valence-electron chi connectivity index (χ2n) is 6.70. The van der Waals surface area contributed by atoms with E-state index in [2.05, 4.69) is 10.6 Å². The lowest BCUT2D eigenvalue weighted by molar-refractivity contribution is -0.121. The van der Waals surface area contributed by atoms with Crippen LogP contribution in [0.4, 0.5) is 0 Å². The van der Waals surface area contributed by atoms with E-state index in [0.29, 0.717) is 17.4 Å². The quantitative estimate of drug-likeness (QED) is 0.809. The molecule has 0 aromatic heterocycles. The summed E-state index contributed by atoms with van der Waals surface area (Å²) in [5.74, 6) is 0.765. The van der Waals surface area contributed by atoms with E-state index in [9.17, 15) is 4.79 Å². The Labute approximate surface area is 154 Å². The molecule has 3 nitrogen and oxygen atoms in total. The van der Waals surface area contributed by atoms with Gasteiger partial charge in [0.15, 0.2) is 0 Å². The number of carbonyl (C=O) groups excluding carboxylic acids is 1. The fourth-order valence-electron chi connectivity index (χ4n) is 3.43. The minimum atomic E-state index is -0.166. The molecule has 0 bridgehead atoms. The van der Waals surface area contributed by atoms with Gasteiger partial charge in [0.1, 0.15) is 0 Å². The molecule has 1 aliphatic heterocycles. The molecule has 132 valence electrons. The molecule has 0 radical (unpaired) electrons. The Balaban J connectivity index is 1.68.